The molecule has 0 unspecified atom stereocenters. The second kappa shape index (κ2) is 8.91. The van der Waals surface area contributed by atoms with Crippen molar-refractivity contribution < 1.29 is 14.3 Å². The molecule has 27 heavy (non-hydrogen) atoms. The number of nitrogens with one attached hydrogen (secondary N) is 1. The second-order valence-corrected chi connectivity index (χ2v) is 7.32. The minimum absolute atomic E-state index is 0.124. The molecule has 0 heterocycles. The Balaban J connectivity index is 2.06. The Morgan fingerprint density at radius 3 is 2.52 bits per heavy atom. The predicted octanol–water partition coefficient (Wildman–Crippen LogP) is 4.49. The summed E-state index contributed by atoms with van der Waals surface area (Å²) >= 11 is 6.20. The third kappa shape index (κ3) is 5.47. The van der Waals surface area contributed by atoms with Crippen LogP contribution in [0.2, 0.25) is 5.02 Å². The van der Waals surface area contributed by atoms with Crippen LogP contribution < -0.4 is 10.1 Å². The number of carbonyl (C=O) groups is 2. The van der Waals surface area contributed by atoms with Gasteiger partial charge < -0.3 is 15.0 Å². The summed E-state index contributed by atoms with van der Waals surface area (Å²) in [6.07, 6.45) is 0. The fourth-order valence-corrected chi connectivity index (χ4v) is 2.75. The Labute approximate surface area is 165 Å². The largest absolute Gasteiger partial charge is 0.483 e. The summed E-state index contributed by atoms with van der Waals surface area (Å²) in [6.45, 7) is 5.85. The number of benzene rings is 2. The van der Waals surface area contributed by atoms with Crippen LogP contribution in [-0.4, -0.2) is 37.4 Å². The smallest absolute Gasteiger partial charge is 0.262 e. The van der Waals surface area contributed by atoms with Crippen LogP contribution in [-0.2, 0) is 4.79 Å². The Morgan fingerprint density at radius 1 is 1.19 bits per heavy atom. The maximum absolute atomic E-state index is 12.3. The van der Waals surface area contributed by atoms with Gasteiger partial charge in [-0.1, -0.05) is 31.5 Å². The van der Waals surface area contributed by atoms with Crippen LogP contribution in [0, 0.1) is 6.92 Å². The number of hydrogen-bond donors (Lipinski definition) is 1. The first-order chi connectivity index (χ1) is 12.7. The van der Waals surface area contributed by atoms with Crippen LogP contribution in [0.15, 0.2) is 36.4 Å². The third-order valence-corrected chi connectivity index (χ3v) is 4.48. The highest BCUT2D eigenvalue weighted by Gasteiger charge is 2.14. The van der Waals surface area contributed by atoms with E-state index in [0.717, 1.165) is 11.1 Å². The lowest BCUT2D eigenvalue weighted by molar-refractivity contribution is -0.118. The molecule has 0 atom stereocenters. The predicted molar refractivity (Wildman–Crippen MR) is 109 cm³/mol. The van der Waals surface area contributed by atoms with Crippen LogP contribution in [0.4, 0.5) is 5.69 Å². The minimum Gasteiger partial charge on any atom is -0.483 e. The zero-order chi connectivity index (χ0) is 20.1. The summed E-state index contributed by atoms with van der Waals surface area (Å²) in [4.78, 5) is 25.8. The van der Waals surface area contributed by atoms with Crippen molar-refractivity contribution >= 4 is 29.1 Å². The van der Waals surface area contributed by atoms with Crippen LogP contribution in [0.1, 0.15) is 41.3 Å². The number of ether oxygens (including phenoxy) is 1. The fraction of sp³-hybridized carbons (Fsp3) is 0.333. The van der Waals surface area contributed by atoms with Gasteiger partial charge in [0.25, 0.3) is 11.8 Å². The molecule has 0 aromatic heterocycles. The summed E-state index contributed by atoms with van der Waals surface area (Å²) in [5, 5.41) is 3.44. The van der Waals surface area contributed by atoms with Crippen LogP contribution in [0.5, 0.6) is 5.75 Å². The van der Waals surface area contributed by atoms with Crippen molar-refractivity contribution in [2.75, 3.05) is 26.0 Å². The molecule has 1 N–H and O–H groups in total. The van der Waals surface area contributed by atoms with Crippen molar-refractivity contribution in [3.63, 3.8) is 0 Å². The topological polar surface area (TPSA) is 58.6 Å². The molecule has 2 amide bonds. The summed E-state index contributed by atoms with van der Waals surface area (Å²) in [5.74, 6) is 0.445. The van der Waals surface area contributed by atoms with Gasteiger partial charge in [-0.3, -0.25) is 9.59 Å². The quantitative estimate of drug-likeness (QED) is 0.793. The highest BCUT2D eigenvalue weighted by molar-refractivity contribution is 6.31. The average molecular weight is 389 g/mol. The van der Waals surface area contributed by atoms with Gasteiger partial charge in [0, 0.05) is 30.4 Å². The monoisotopic (exact) mass is 388 g/mol. The van der Waals surface area contributed by atoms with Gasteiger partial charge in [0.1, 0.15) is 5.75 Å². The highest BCUT2D eigenvalue weighted by atomic mass is 35.5. The van der Waals surface area contributed by atoms with Gasteiger partial charge >= 0.3 is 0 Å². The Hall–Kier alpha value is -2.53. The zero-order valence-corrected chi connectivity index (χ0v) is 17.1. The number of nitrogens with zero attached hydrogens (tertiary/aromatic N) is 1. The summed E-state index contributed by atoms with van der Waals surface area (Å²) in [6, 6.07) is 10.5. The maximum Gasteiger partial charge on any atom is 0.262 e. The lowest BCUT2D eigenvalue weighted by Crippen LogP contribution is -2.23. The molecule has 0 saturated heterocycles. The minimum atomic E-state index is -0.299. The standard InChI is InChI=1S/C21H25ClN2O3/c1-13(2)17-11-18(22)14(3)9-19(17)27-12-20(25)23-16-8-6-7-15(10-16)21(26)24(4)5/h6-11,13H,12H2,1-5H3,(H,23,25). The van der Waals surface area contributed by atoms with E-state index in [1.807, 2.05) is 32.9 Å². The molecule has 5 nitrogen and oxygen atoms in total. The number of hydrogen-bond acceptors (Lipinski definition) is 3. The molecule has 0 saturated carbocycles. The molecule has 0 bridgehead atoms. The Kier molecular flexibility index (Phi) is 6.86. The van der Waals surface area contributed by atoms with E-state index in [4.69, 9.17) is 16.3 Å². The molecule has 0 aliphatic rings. The van der Waals surface area contributed by atoms with Gasteiger partial charge in [0.15, 0.2) is 6.61 Å². The first kappa shape index (κ1) is 20.8. The number of aryl methyl sites for hydroxylation is 1. The van der Waals surface area contributed by atoms with E-state index < -0.39 is 0 Å². The number of rotatable bonds is 6. The molecule has 2 aromatic rings. The van der Waals surface area contributed by atoms with E-state index in [1.165, 1.54) is 4.90 Å². The van der Waals surface area contributed by atoms with Gasteiger partial charge in [-0.15, -0.1) is 0 Å². The zero-order valence-electron chi connectivity index (χ0n) is 16.3. The fourth-order valence-electron chi connectivity index (χ4n) is 2.58. The molecule has 6 heteroatoms. The first-order valence-electron chi connectivity index (χ1n) is 8.73. The van der Waals surface area contributed by atoms with Gasteiger partial charge in [-0.2, -0.15) is 0 Å². The average Bonchev–Trinajstić information content (AvgIpc) is 2.61. The van der Waals surface area contributed by atoms with Gasteiger partial charge in [0.05, 0.1) is 0 Å². The SMILES string of the molecule is Cc1cc(OCC(=O)Nc2cccc(C(=O)N(C)C)c2)c(C(C)C)cc1Cl. The van der Waals surface area contributed by atoms with E-state index in [2.05, 4.69) is 5.32 Å². The molecule has 0 spiro atoms. The summed E-state index contributed by atoms with van der Waals surface area (Å²) in [7, 11) is 3.36. The lowest BCUT2D eigenvalue weighted by Gasteiger charge is -2.16. The second-order valence-electron chi connectivity index (χ2n) is 6.91. The van der Waals surface area contributed by atoms with Crippen LogP contribution in [0.25, 0.3) is 0 Å². The molecule has 0 radical (unpaired) electrons. The van der Waals surface area contributed by atoms with Gasteiger partial charge in [-0.05, 0) is 54.3 Å². The van der Waals surface area contributed by atoms with E-state index in [0.29, 0.717) is 22.0 Å². The van der Waals surface area contributed by atoms with Crippen LogP contribution in [0.3, 0.4) is 0 Å². The van der Waals surface area contributed by atoms with Crippen molar-refractivity contribution in [2.24, 2.45) is 0 Å². The number of carbonyl (C=O) groups excluding carboxylic acids is 2. The number of amides is 2. The van der Waals surface area contributed by atoms with E-state index >= 15 is 0 Å². The van der Waals surface area contributed by atoms with Crippen molar-refractivity contribution in [1.82, 2.24) is 4.90 Å². The molecule has 2 aromatic carbocycles. The number of anilines is 1. The molecular weight excluding hydrogens is 364 g/mol. The first-order valence-corrected chi connectivity index (χ1v) is 9.11. The van der Waals surface area contributed by atoms with Gasteiger partial charge in [-0.25, -0.2) is 0 Å². The molecule has 144 valence electrons. The highest BCUT2D eigenvalue weighted by Crippen LogP contribution is 2.32. The summed E-state index contributed by atoms with van der Waals surface area (Å²) < 4.78 is 5.74. The van der Waals surface area contributed by atoms with Crippen molar-refractivity contribution in [1.29, 1.82) is 0 Å². The Bertz CT molecular complexity index is 847. The van der Waals surface area contributed by atoms with Crippen molar-refractivity contribution in [2.45, 2.75) is 26.7 Å². The van der Waals surface area contributed by atoms with Crippen LogP contribution >= 0.6 is 11.6 Å². The van der Waals surface area contributed by atoms with E-state index in [-0.39, 0.29) is 24.3 Å². The van der Waals surface area contributed by atoms with Crippen molar-refractivity contribution in [3.05, 3.63) is 58.1 Å². The molecular formula is C21H25ClN2O3. The lowest BCUT2D eigenvalue weighted by atomic mass is 10.0. The summed E-state index contributed by atoms with van der Waals surface area (Å²) in [5.41, 5.74) is 2.91. The normalized spacial score (nSPS) is 10.6. The Morgan fingerprint density at radius 2 is 1.89 bits per heavy atom. The molecule has 0 fully saturated rings. The maximum atomic E-state index is 12.3. The van der Waals surface area contributed by atoms with E-state index in [1.54, 1.807) is 38.4 Å². The van der Waals surface area contributed by atoms with Crippen molar-refractivity contribution in [3.8, 4) is 5.75 Å². The van der Waals surface area contributed by atoms with Gasteiger partial charge in [0.2, 0.25) is 0 Å². The number of halogens is 1. The third-order valence-electron chi connectivity index (χ3n) is 4.07. The van der Waals surface area contributed by atoms with E-state index in [9.17, 15) is 9.59 Å². The molecule has 0 aliphatic heterocycles. The molecule has 0 aliphatic carbocycles. The molecule has 2 rings (SSSR count).